The predicted octanol–water partition coefficient (Wildman–Crippen LogP) is 1.34. The lowest BCUT2D eigenvalue weighted by Gasteiger charge is -2.42. The number of methoxy groups -OCH3 is 1. The molecule has 1 saturated heterocycles. The number of nitrogens with one attached hydrogen (secondary N) is 2. The summed E-state index contributed by atoms with van der Waals surface area (Å²) >= 11 is 0. The summed E-state index contributed by atoms with van der Waals surface area (Å²) in [6.07, 6.45) is 3.23. The van der Waals surface area contributed by atoms with Crippen molar-refractivity contribution in [3.8, 4) is 0 Å². The number of ether oxygens (including phenoxy) is 1. The molecule has 0 aromatic heterocycles. The summed E-state index contributed by atoms with van der Waals surface area (Å²) in [5.41, 5.74) is 0.662. The summed E-state index contributed by atoms with van der Waals surface area (Å²) in [6.45, 7) is 7.83. The molecule has 9 heteroatoms. The molecule has 0 saturated carbocycles. The van der Waals surface area contributed by atoms with E-state index in [0.717, 1.165) is 32.2 Å². The zero-order chi connectivity index (χ0) is 21.8. The summed E-state index contributed by atoms with van der Waals surface area (Å²) in [4.78, 5) is 26.9. The third-order valence-corrected chi connectivity index (χ3v) is 6.51. The molecule has 2 amide bonds. The molecule has 0 spiro atoms. The summed E-state index contributed by atoms with van der Waals surface area (Å²) in [5, 5.41) is 5.19. The first-order valence-corrected chi connectivity index (χ1v) is 11.5. The predicted molar refractivity (Wildman–Crippen MR) is 112 cm³/mol. The van der Waals surface area contributed by atoms with Gasteiger partial charge in [-0.3, -0.25) is 14.5 Å². The fourth-order valence-corrected chi connectivity index (χ4v) is 3.98. The van der Waals surface area contributed by atoms with Crippen LogP contribution in [0.4, 0.5) is 5.69 Å². The molecule has 1 aromatic carbocycles. The molecule has 162 valence electrons. The fourth-order valence-electron chi connectivity index (χ4n) is 3.33. The molecule has 8 nitrogen and oxygen atoms in total. The van der Waals surface area contributed by atoms with Crippen LogP contribution in [0.15, 0.2) is 23.1 Å². The van der Waals surface area contributed by atoms with Crippen LogP contribution in [-0.4, -0.2) is 69.8 Å². The van der Waals surface area contributed by atoms with Crippen LogP contribution >= 0.6 is 0 Å². The molecule has 1 aromatic rings. The molecule has 0 bridgehead atoms. The maximum atomic E-state index is 12.3. The number of sulfone groups is 1. The van der Waals surface area contributed by atoms with Gasteiger partial charge in [0.05, 0.1) is 11.0 Å². The van der Waals surface area contributed by atoms with Crippen molar-refractivity contribution < 1.29 is 22.7 Å². The molecule has 0 unspecified atom stereocenters. The number of aryl methyl sites for hydroxylation is 1. The lowest BCUT2D eigenvalue weighted by atomic mass is 9.97. The maximum Gasteiger partial charge on any atom is 0.313 e. The first-order valence-electron chi connectivity index (χ1n) is 9.62. The van der Waals surface area contributed by atoms with Crippen LogP contribution in [0.3, 0.4) is 0 Å². The Morgan fingerprint density at radius 3 is 2.38 bits per heavy atom. The van der Waals surface area contributed by atoms with Gasteiger partial charge in [0.25, 0.3) is 0 Å². The molecular weight excluding hydrogens is 394 g/mol. The van der Waals surface area contributed by atoms with Gasteiger partial charge in [-0.2, -0.15) is 0 Å². The normalized spacial score (nSPS) is 16.4. The van der Waals surface area contributed by atoms with Gasteiger partial charge < -0.3 is 15.4 Å². The monoisotopic (exact) mass is 425 g/mol. The van der Waals surface area contributed by atoms with Crippen molar-refractivity contribution >= 4 is 27.3 Å². The number of nitrogens with zero attached hydrogens (tertiary/aromatic N) is 1. The number of carbonyl (C=O) groups excluding carboxylic acids is 2. The van der Waals surface area contributed by atoms with Gasteiger partial charge in [-0.05, 0) is 51.3 Å². The van der Waals surface area contributed by atoms with Crippen molar-refractivity contribution in [2.24, 2.45) is 0 Å². The Morgan fingerprint density at radius 2 is 1.83 bits per heavy atom. The number of carbonyl (C=O) groups is 2. The second-order valence-electron chi connectivity index (χ2n) is 8.12. The second kappa shape index (κ2) is 9.23. The molecule has 1 fully saturated rings. The summed E-state index contributed by atoms with van der Waals surface area (Å²) < 4.78 is 28.8. The fraction of sp³-hybridized carbons (Fsp3) is 0.600. The van der Waals surface area contributed by atoms with Gasteiger partial charge in [0.15, 0.2) is 9.84 Å². The third-order valence-electron chi connectivity index (χ3n) is 5.40. The van der Waals surface area contributed by atoms with Gasteiger partial charge in [-0.15, -0.1) is 0 Å². The van der Waals surface area contributed by atoms with E-state index in [1.54, 1.807) is 20.1 Å². The molecule has 1 aliphatic rings. The highest BCUT2D eigenvalue weighted by Gasteiger charge is 2.31. The zero-order valence-electron chi connectivity index (χ0n) is 17.7. The van der Waals surface area contributed by atoms with Crippen LogP contribution in [0.1, 0.15) is 32.3 Å². The van der Waals surface area contributed by atoms with E-state index in [0.29, 0.717) is 17.8 Å². The number of benzene rings is 1. The third kappa shape index (κ3) is 6.25. The van der Waals surface area contributed by atoms with E-state index < -0.39 is 21.7 Å². The Hall–Kier alpha value is -1.97. The van der Waals surface area contributed by atoms with E-state index in [2.05, 4.69) is 15.5 Å². The smallest absolute Gasteiger partial charge is 0.313 e. The number of piperidine rings is 1. The number of likely N-dealkylation sites (tertiary alicyclic amines) is 1. The van der Waals surface area contributed by atoms with Crippen LogP contribution in [-0.2, 0) is 24.2 Å². The minimum Gasteiger partial charge on any atom is -0.381 e. The topological polar surface area (TPSA) is 105 Å². The van der Waals surface area contributed by atoms with Crippen molar-refractivity contribution in [3.05, 3.63) is 23.8 Å². The standard InChI is InChI=1S/C20H31N3O5S/c1-14-6-7-16(29(5,26)27)12-17(14)22-19(25)18(24)21-13-20(2,3)23-10-8-15(28-4)9-11-23/h6-7,12,15H,8-11,13H2,1-5H3,(H,21,24)(H,22,25). The molecule has 0 radical (unpaired) electrons. The van der Waals surface area contributed by atoms with Crippen molar-refractivity contribution in [3.63, 3.8) is 0 Å². The number of anilines is 1. The van der Waals surface area contributed by atoms with E-state index >= 15 is 0 Å². The van der Waals surface area contributed by atoms with Gasteiger partial charge in [-0.1, -0.05) is 6.07 Å². The van der Waals surface area contributed by atoms with Crippen molar-refractivity contribution in [2.45, 2.75) is 50.2 Å². The molecule has 2 rings (SSSR count). The van der Waals surface area contributed by atoms with Gasteiger partial charge in [0, 0.05) is 44.2 Å². The highest BCUT2D eigenvalue weighted by atomic mass is 32.2. The van der Waals surface area contributed by atoms with Gasteiger partial charge in [0.1, 0.15) is 0 Å². The number of amides is 2. The lowest BCUT2D eigenvalue weighted by Crippen LogP contribution is -2.55. The molecular formula is C20H31N3O5S. The van der Waals surface area contributed by atoms with Crippen molar-refractivity contribution in [2.75, 3.05) is 38.3 Å². The number of rotatable bonds is 6. The highest BCUT2D eigenvalue weighted by Crippen LogP contribution is 2.22. The van der Waals surface area contributed by atoms with Crippen LogP contribution < -0.4 is 10.6 Å². The zero-order valence-corrected chi connectivity index (χ0v) is 18.6. The van der Waals surface area contributed by atoms with Crippen LogP contribution in [0.2, 0.25) is 0 Å². The summed E-state index contributed by atoms with van der Waals surface area (Å²) in [7, 11) is -1.69. The van der Waals surface area contributed by atoms with Crippen LogP contribution in [0.25, 0.3) is 0 Å². The molecule has 29 heavy (non-hydrogen) atoms. The molecule has 0 aliphatic carbocycles. The van der Waals surface area contributed by atoms with Crippen LogP contribution in [0.5, 0.6) is 0 Å². The Balaban J connectivity index is 1.95. The van der Waals surface area contributed by atoms with Crippen LogP contribution in [0, 0.1) is 6.92 Å². The Morgan fingerprint density at radius 1 is 1.21 bits per heavy atom. The average molecular weight is 426 g/mol. The van der Waals surface area contributed by atoms with Crippen molar-refractivity contribution in [1.82, 2.24) is 10.2 Å². The maximum absolute atomic E-state index is 12.3. The Bertz CT molecular complexity index is 859. The Labute approximate surface area is 172 Å². The van der Waals surface area contributed by atoms with E-state index in [1.165, 1.54) is 12.1 Å². The molecule has 1 heterocycles. The second-order valence-corrected chi connectivity index (χ2v) is 10.1. The average Bonchev–Trinajstić information content (AvgIpc) is 2.67. The highest BCUT2D eigenvalue weighted by molar-refractivity contribution is 7.90. The minimum absolute atomic E-state index is 0.0828. The first-order chi connectivity index (χ1) is 13.4. The van der Waals surface area contributed by atoms with E-state index in [-0.39, 0.29) is 16.5 Å². The Kier molecular flexibility index (Phi) is 7.42. The minimum atomic E-state index is -3.41. The largest absolute Gasteiger partial charge is 0.381 e. The van der Waals surface area contributed by atoms with Crippen molar-refractivity contribution in [1.29, 1.82) is 0 Å². The van der Waals surface area contributed by atoms with Gasteiger partial charge in [0.2, 0.25) is 0 Å². The number of hydrogen-bond acceptors (Lipinski definition) is 6. The van der Waals surface area contributed by atoms with Gasteiger partial charge in [-0.25, -0.2) is 8.42 Å². The lowest BCUT2D eigenvalue weighted by molar-refractivity contribution is -0.136. The summed E-state index contributed by atoms with van der Waals surface area (Å²) in [5.74, 6) is -1.58. The van der Waals surface area contributed by atoms with Gasteiger partial charge >= 0.3 is 11.8 Å². The molecule has 1 aliphatic heterocycles. The molecule has 2 N–H and O–H groups in total. The van der Waals surface area contributed by atoms with E-state index in [4.69, 9.17) is 4.74 Å². The quantitative estimate of drug-likeness (QED) is 0.667. The molecule has 0 atom stereocenters. The van der Waals surface area contributed by atoms with E-state index in [1.807, 2.05) is 13.8 Å². The van der Waals surface area contributed by atoms with E-state index in [9.17, 15) is 18.0 Å². The first kappa shape index (κ1) is 23.3. The SMILES string of the molecule is COC1CCN(C(C)(C)CNC(=O)C(=O)Nc2cc(S(C)(=O)=O)ccc2C)CC1. The summed E-state index contributed by atoms with van der Waals surface area (Å²) in [6, 6.07) is 4.42. The number of hydrogen-bond donors (Lipinski definition) is 2.